The third-order valence-electron chi connectivity index (χ3n) is 4.03. The van der Waals surface area contributed by atoms with Gasteiger partial charge in [-0.2, -0.15) is 0 Å². The minimum absolute atomic E-state index is 0.222. The fourth-order valence-electron chi connectivity index (χ4n) is 2.80. The Balaban J connectivity index is 1.97. The van der Waals surface area contributed by atoms with Crippen LogP contribution >= 0.6 is 0 Å². The van der Waals surface area contributed by atoms with Gasteiger partial charge in [-0.1, -0.05) is 24.3 Å². The summed E-state index contributed by atoms with van der Waals surface area (Å²) in [5.41, 5.74) is 2.32. The van der Waals surface area contributed by atoms with E-state index in [9.17, 15) is 22.8 Å². The highest BCUT2D eigenvalue weighted by Crippen LogP contribution is 2.30. The molecule has 5 nitrogen and oxygen atoms in total. The van der Waals surface area contributed by atoms with Gasteiger partial charge in [0.1, 0.15) is 5.75 Å². The molecular formula is C19H14F3NO4. The summed E-state index contributed by atoms with van der Waals surface area (Å²) in [7, 11) is 2.86. The van der Waals surface area contributed by atoms with E-state index in [2.05, 4.69) is 9.47 Å². The van der Waals surface area contributed by atoms with E-state index in [-0.39, 0.29) is 11.3 Å². The van der Waals surface area contributed by atoms with Crippen LogP contribution in [0, 0.1) is 0 Å². The fraction of sp³-hybridized carbons (Fsp3) is 0.158. The molecule has 3 rings (SSSR count). The van der Waals surface area contributed by atoms with Crippen LogP contribution in [0.5, 0.6) is 5.75 Å². The van der Waals surface area contributed by atoms with Gasteiger partial charge in [-0.25, -0.2) is 4.79 Å². The summed E-state index contributed by atoms with van der Waals surface area (Å²) >= 11 is 0. The molecule has 0 aliphatic rings. The summed E-state index contributed by atoms with van der Waals surface area (Å²) in [6.07, 6.45) is -3.21. The molecule has 1 aromatic heterocycles. The van der Waals surface area contributed by atoms with Crippen molar-refractivity contribution in [1.82, 2.24) is 4.57 Å². The van der Waals surface area contributed by atoms with Crippen molar-refractivity contribution in [1.29, 1.82) is 0 Å². The minimum Gasteiger partial charge on any atom is -0.463 e. The number of hydrogen-bond donors (Lipinski definition) is 0. The lowest BCUT2D eigenvalue weighted by molar-refractivity contribution is -0.274. The fourth-order valence-corrected chi connectivity index (χ4v) is 2.80. The second kappa shape index (κ2) is 6.79. The average molecular weight is 377 g/mol. The van der Waals surface area contributed by atoms with Crippen LogP contribution < -0.4 is 4.74 Å². The van der Waals surface area contributed by atoms with Gasteiger partial charge in [0.05, 0.1) is 12.7 Å². The summed E-state index contributed by atoms with van der Waals surface area (Å²) in [5.74, 6) is -2.01. The smallest absolute Gasteiger partial charge is 0.463 e. The zero-order valence-electron chi connectivity index (χ0n) is 14.3. The molecule has 0 aliphatic carbocycles. The molecule has 0 aliphatic heterocycles. The van der Waals surface area contributed by atoms with Crippen LogP contribution in [0.1, 0.15) is 10.4 Å². The predicted molar refractivity (Wildman–Crippen MR) is 91.4 cm³/mol. The van der Waals surface area contributed by atoms with Gasteiger partial charge >= 0.3 is 12.3 Å². The average Bonchev–Trinajstić information content (AvgIpc) is 2.96. The van der Waals surface area contributed by atoms with Gasteiger partial charge in [-0.05, 0) is 29.3 Å². The van der Waals surface area contributed by atoms with E-state index in [1.807, 2.05) is 0 Å². The number of carbonyl (C=O) groups excluding carboxylic acids is 2. The number of aryl methyl sites for hydroxylation is 1. The van der Waals surface area contributed by atoms with Crippen molar-refractivity contribution in [3.63, 3.8) is 0 Å². The third kappa shape index (κ3) is 3.79. The van der Waals surface area contributed by atoms with Crippen molar-refractivity contribution in [2.45, 2.75) is 6.36 Å². The number of benzene rings is 2. The van der Waals surface area contributed by atoms with Gasteiger partial charge in [0, 0.05) is 24.1 Å². The van der Waals surface area contributed by atoms with Crippen molar-refractivity contribution in [3.8, 4) is 16.9 Å². The number of alkyl halides is 3. The number of methoxy groups -OCH3 is 1. The number of esters is 1. The topological polar surface area (TPSA) is 57.5 Å². The molecule has 0 atom stereocenters. The van der Waals surface area contributed by atoms with Crippen LogP contribution in [0.4, 0.5) is 13.2 Å². The van der Waals surface area contributed by atoms with Crippen LogP contribution in [-0.2, 0) is 16.6 Å². The summed E-state index contributed by atoms with van der Waals surface area (Å²) in [4.78, 5) is 23.6. The maximum atomic E-state index is 12.2. The lowest BCUT2D eigenvalue weighted by atomic mass is 10.0. The van der Waals surface area contributed by atoms with Crippen LogP contribution in [0.3, 0.4) is 0 Å². The predicted octanol–water partition coefficient (Wildman–Crippen LogP) is 4.10. The first-order valence-electron chi connectivity index (χ1n) is 7.77. The Morgan fingerprint density at radius 3 is 2.22 bits per heavy atom. The number of aromatic nitrogens is 1. The number of fused-ring (bicyclic) bond motifs is 1. The molecule has 0 spiro atoms. The largest absolute Gasteiger partial charge is 0.573 e. The van der Waals surface area contributed by atoms with E-state index in [0.29, 0.717) is 16.5 Å². The quantitative estimate of drug-likeness (QED) is 0.390. The Bertz CT molecular complexity index is 1020. The molecule has 2 aromatic carbocycles. The number of halogens is 3. The standard InChI is InChI=1S/C19H14F3NO4/c1-23-10-15(17(24)18(25)26-2)14-8-5-12(9-16(14)23)11-3-6-13(7-4-11)27-19(20,21)22/h3-10H,1-2H3. The molecule has 140 valence electrons. The van der Waals surface area contributed by atoms with E-state index < -0.39 is 18.1 Å². The SMILES string of the molecule is COC(=O)C(=O)c1cn(C)c2cc(-c3ccc(OC(F)(F)F)cc3)ccc12. The highest BCUT2D eigenvalue weighted by Gasteiger charge is 2.31. The lowest BCUT2D eigenvalue weighted by Crippen LogP contribution is -2.16. The summed E-state index contributed by atoms with van der Waals surface area (Å²) in [6, 6.07) is 10.6. The number of nitrogens with zero attached hydrogens (tertiary/aromatic N) is 1. The van der Waals surface area contributed by atoms with Crippen molar-refractivity contribution in [2.24, 2.45) is 7.05 Å². The maximum Gasteiger partial charge on any atom is 0.573 e. The highest BCUT2D eigenvalue weighted by atomic mass is 19.4. The molecule has 1 heterocycles. The zero-order valence-corrected chi connectivity index (χ0v) is 14.3. The highest BCUT2D eigenvalue weighted by molar-refractivity contribution is 6.43. The van der Waals surface area contributed by atoms with Crippen LogP contribution in [0.15, 0.2) is 48.7 Å². The van der Waals surface area contributed by atoms with Crippen LogP contribution in [0.25, 0.3) is 22.0 Å². The van der Waals surface area contributed by atoms with Gasteiger partial charge < -0.3 is 14.0 Å². The van der Waals surface area contributed by atoms with Crippen molar-refractivity contribution < 1.29 is 32.2 Å². The molecule has 0 radical (unpaired) electrons. The number of carbonyl (C=O) groups is 2. The second-order valence-corrected chi connectivity index (χ2v) is 5.78. The lowest BCUT2D eigenvalue weighted by Gasteiger charge is -2.09. The monoisotopic (exact) mass is 377 g/mol. The Hall–Kier alpha value is -3.29. The minimum atomic E-state index is -4.74. The van der Waals surface area contributed by atoms with E-state index in [4.69, 9.17) is 0 Å². The number of Topliss-reactive ketones (excluding diaryl/α,β-unsaturated/α-hetero) is 1. The molecule has 0 fully saturated rings. The molecule has 0 saturated carbocycles. The van der Waals surface area contributed by atoms with Gasteiger partial charge in [0.15, 0.2) is 0 Å². The summed E-state index contributed by atoms with van der Waals surface area (Å²) < 4.78 is 46.8. The maximum absolute atomic E-state index is 12.2. The van der Waals surface area contributed by atoms with Crippen LogP contribution in [-0.4, -0.2) is 29.8 Å². The molecule has 0 bridgehead atoms. The van der Waals surface area contributed by atoms with E-state index in [1.54, 1.807) is 29.8 Å². The Morgan fingerprint density at radius 1 is 1.00 bits per heavy atom. The molecule has 0 unspecified atom stereocenters. The number of ketones is 1. The Morgan fingerprint density at radius 2 is 1.63 bits per heavy atom. The van der Waals surface area contributed by atoms with E-state index in [0.717, 1.165) is 12.7 Å². The van der Waals surface area contributed by atoms with Crippen molar-refractivity contribution in [3.05, 3.63) is 54.2 Å². The van der Waals surface area contributed by atoms with Crippen molar-refractivity contribution in [2.75, 3.05) is 7.11 Å². The number of hydrogen-bond acceptors (Lipinski definition) is 4. The molecule has 0 amide bonds. The number of ether oxygens (including phenoxy) is 2. The molecule has 0 saturated heterocycles. The molecular weight excluding hydrogens is 363 g/mol. The zero-order chi connectivity index (χ0) is 19.8. The molecule has 3 aromatic rings. The molecule has 8 heteroatoms. The van der Waals surface area contributed by atoms with E-state index >= 15 is 0 Å². The second-order valence-electron chi connectivity index (χ2n) is 5.78. The summed E-state index contributed by atoms with van der Waals surface area (Å²) in [5, 5.41) is 0.577. The number of rotatable bonds is 4. The van der Waals surface area contributed by atoms with Gasteiger partial charge in [-0.3, -0.25) is 4.79 Å². The normalized spacial score (nSPS) is 11.4. The van der Waals surface area contributed by atoms with E-state index in [1.165, 1.54) is 30.5 Å². The molecule has 27 heavy (non-hydrogen) atoms. The van der Waals surface area contributed by atoms with Gasteiger partial charge in [0.25, 0.3) is 5.78 Å². The van der Waals surface area contributed by atoms with Gasteiger partial charge in [0.2, 0.25) is 0 Å². The Kier molecular flexibility index (Phi) is 4.65. The summed E-state index contributed by atoms with van der Waals surface area (Å²) in [6.45, 7) is 0. The first kappa shape index (κ1) is 18.5. The first-order valence-corrected chi connectivity index (χ1v) is 7.77. The Labute approximate surface area is 151 Å². The van der Waals surface area contributed by atoms with Gasteiger partial charge in [-0.15, -0.1) is 13.2 Å². The first-order chi connectivity index (χ1) is 12.7. The third-order valence-corrected chi connectivity index (χ3v) is 4.03. The van der Waals surface area contributed by atoms with Crippen molar-refractivity contribution >= 4 is 22.7 Å². The molecule has 0 N–H and O–H groups in total. The van der Waals surface area contributed by atoms with Crippen LogP contribution in [0.2, 0.25) is 0 Å².